The number of benzene rings is 2. The number of carbonyl (C=O) groups is 1. The summed E-state index contributed by atoms with van der Waals surface area (Å²) in [6.45, 7) is 6.77. The summed E-state index contributed by atoms with van der Waals surface area (Å²) in [5.74, 6) is -0.698. The first-order valence-electron chi connectivity index (χ1n) is 8.63. The summed E-state index contributed by atoms with van der Waals surface area (Å²) in [5, 5.41) is 6.01. The Labute approximate surface area is 171 Å². The number of hydrogen-bond acceptors (Lipinski definition) is 4. The molecule has 0 radical (unpaired) electrons. The second kappa shape index (κ2) is 10.4. The fourth-order valence-electron chi connectivity index (χ4n) is 2.46. The van der Waals surface area contributed by atoms with Crippen LogP contribution >= 0.6 is 12.4 Å². The molecule has 0 unspecified atom stereocenters. The van der Waals surface area contributed by atoms with Crippen LogP contribution in [0, 0.1) is 12.7 Å². The highest BCUT2D eigenvalue weighted by atomic mass is 35.5. The van der Waals surface area contributed by atoms with Gasteiger partial charge in [-0.25, -0.2) is 12.8 Å². The fraction of sp³-hybridized carbons (Fsp3) is 0.316. The predicted octanol–water partition coefficient (Wildman–Crippen LogP) is 3.08. The van der Waals surface area contributed by atoms with Gasteiger partial charge in [0.05, 0.1) is 4.90 Å². The van der Waals surface area contributed by atoms with Crippen molar-refractivity contribution in [3.05, 3.63) is 59.4 Å². The molecule has 0 saturated heterocycles. The van der Waals surface area contributed by atoms with E-state index >= 15 is 0 Å². The maximum Gasteiger partial charge on any atom is 0.261 e. The van der Waals surface area contributed by atoms with Gasteiger partial charge in [0.15, 0.2) is 0 Å². The highest BCUT2D eigenvalue weighted by molar-refractivity contribution is 7.92. The van der Waals surface area contributed by atoms with Crippen molar-refractivity contribution in [2.75, 3.05) is 17.8 Å². The van der Waals surface area contributed by atoms with Crippen molar-refractivity contribution >= 4 is 34.0 Å². The summed E-state index contributed by atoms with van der Waals surface area (Å²) in [7, 11) is -3.84. The van der Waals surface area contributed by atoms with Gasteiger partial charge in [-0.05, 0) is 68.4 Å². The third kappa shape index (κ3) is 6.47. The van der Waals surface area contributed by atoms with E-state index in [4.69, 9.17) is 0 Å². The molecular weight excluding hydrogens is 405 g/mol. The molecule has 0 spiro atoms. The number of nitrogens with one attached hydrogen (secondary N) is 3. The number of sulfonamides is 1. The zero-order chi connectivity index (χ0) is 20.0. The van der Waals surface area contributed by atoms with Crippen molar-refractivity contribution in [1.82, 2.24) is 10.6 Å². The molecule has 1 atom stereocenters. The predicted molar refractivity (Wildman–Crippen MR) is 111 cm³/mol. The minimum Gasteiger partial charge on any atom is -0.350 e. The van der Waals surface area contributed by atoms with Gasteiger partial charge in [0.1, 0.15) is 5.82 Å². The van der Waals surface area contributed by atoms with Crippen LogP contribution in [-0.4, -0.2) is 33.5 Å². The lowest BCUT2D eigenvalue weighted by Gasteiger charge is -2.13. The van der Waals surface area contributed by atoms with Crippen LogP contribution in [0.25, 0.3) is 0 Å². The lowest BCUT2D eigenvalue weighted by molar-refractivity contribution is 0.0950. The van der Waals surface area contributed by atoms with Crippen molar-refractivity contribution in [3.8, 4) is 0 Å². The average Bonchev–Trinajstić information content (AvgIpc) is 2.62. The molecule has 0 bridgehead atoms. The number of amides is 1. The molecule has 1 amide bonds. The third-order valence-corrected chi connectivity index (χ3v) is 5.34. The van der Waals surface area contributed by atoms with Crippen molar-refractivity contribution < 1.29 is 17.6 Å². The smallest absolute Gasteiger partial charge is 0.261 e. The largest absolute Gasteiger partial charge is 0.350 e. The van der Waals surface area contributed by atoms with E-state index in [1.54, 1.807) is 12.1 Å². The van der Waals surface area contributed by atoms with E-state index in [9.17, 15) is 17.6 Å². The Hall–Kier alpha value is -2.16. The first kappa shape index (κ1) is 23.9. The monoisotopic (exact) mass is 429 g/mol. The molecule has 0 fully saturated rings. The lowest BCUT2D eigenvalue weighted by Crippen LogP contribution is -2.38. The zero-order valence-electron chi connectivity index (χ0n) is 16.0. The summed E-state index contributed by atoms with van der Waals surface area (Å²) in [4.78, 5) is 12.1. The highest BCUT2D eigenvalue weighted by Gasteiger charge is 2.16. The Kier molecular flexibility index (Phi) is 8.87. The number of anilines is 1. The lowest BCUT2D eigenvalue weighted by atomic mass is 10.2. The minimum absolute atomic E-state index is 0. The highest BCUT2D eigenvalue weighted by Crippen LogP contribution is 2.19. The van der Waals surface area contributed by atoms with Gasteiger partial charge in [-0.3, -0.25) is 9.52 Å². The van der Waals surface area contributed by atoms with Crippen molar-refractivity contribution in [3.63, 3.8) is 0 Å². The van der Waals surface area contributed by atoms with Gasteiger partial charge in [0.25, 0.3) is 15.9 Å². The van der Waals surface area contributed by atoms with Gasteiger partial charge in [-0.1, -0.05) is 6.92 Å². The van der Waals surface area contributed by atoms with Crippen LogP contribution in [0.15, 0.2) is 47.4 Å². The van der Waals surface area contributed by atoms with Gasteiger partial charge < -0.3 is 10.6 Å². The van der Waals surface area contributed by atoms with Gasteiger partial charge >= 0.3 is 0 Å². The molecular formula is C19H25ClFN3O3S. The van der Waals surface area contributed by atoms with E-state index in [1.165, 1.54) is 31.2 Å². The standard InChI is InChI=1S/C19H24FN3O3S.ClH/c1-4-21-14(3)12-22-19(24)15-5-7-16(8-6-15)23-27(25,26)17-9-10-18(20)13(2)11-17;/h5-11,14,21,23H,4,12H2,1-3H3,(H,22,24);1H/t14-;/m1./s1. The number of aryl methyl sites for hydroxylation is 1. The van der Waals surface area contributed by atoms with Crippen LogP contribution in [0.3, 0.4) is 0 Å². The molecule has 0 aromatic heterocycles. The number of likely N-dealkylation sites (N-methyl/N-ethyl adjacent to an activating group) is 1. The van der Waals surface area contributed by atoms with Crippen molar-refractivity contribution in [2.45, 2.75) is 31.7 Å². The van der Waals surface area contributed by atoms with Gasteiger partial charge in [0, 0.05) is 23.8 Å². The van der Waals surface area contributed by atoms with Crippen LogP contribution in [0.1, 0.15) is 29.8 Å². The van der Waals surface area contributed by atoms with E-state index in [1.807, 2.05) is 13.8 Å². The quantitative estimate of drug-likeness (QED) is 0.601. The molecule has 2 aromatic rings. The SMILES string of the molecule is CCN[C@H](C)CNC(=O)c1ccc(NS(=O)(=O)c2ccc(F)c(C)c2)cc1.Cl. The molecule has 0 aliphatic heterocycles. The molecule has 0 heterocycles. The molecule has 0 saturated carbocycles. The molecule has 3 N–H and O–H groups in total. The van der Waals surface area contributed by atoms with Crippen LogP contribution in [0.4, 0.5) is 10.1 Å². The van der Waals surface area contributed by atoms with E-state index < -0.39 is 15.8 Å². The average molecular weight is 430 g/mol. The topological polar surface area (TPSA) is 87.3 Å². The zero-order valence-corrected chi connectivity index (χ0v) is 17.6. The van der Waals surface area contributed by atoms with Crippen LogP contribution in [0.5, 0.6) is 0 Å². The minimum atomic E-state index is -3.84. The molecule has 2 rings (SSSR count). The second-order valence-corrected chi connectivity index (χ2v) is 7.94. The van der Waals surface area contributed by atoms with Crippen molar-refractivity contribution in [1.29, 1.82) is 0 Å². The van der Waals surface area contributed by atoms with E-state index in [0.717, 1.165) is 12.6 Å². The third-order valence-electron chi connectivity index (χ3n) is 3.96. The van der Waals surface area contributed by atoms with Crippen LogP contribution < -0.4 is 15.4 Å². The second-order valence-electron chi connectivity index (χ2n) is 6.26. The summed E-state index contributed by atoms with van der Waals surface area (Å²) in [6, 6.07) is 9.85. The fourth-order valence-corrected chi connectivity index (χ4v) is 3.60. The van der Waals surface area contributed by atoms with E-state index in [0.29, 0.717) is 17.8 Å². The van der Waals surface area contributed by atoms with Gasteiger partial charge in [-0.15, -0.1) is 12.4 Å². The Balaban J connectivity index is 0.00000392. The number of rotatable bonds is 8. The Morgan fingerprint density at radius 2 is 1.79 bits per heavy atom. The number of halogens is 2. The van der Waals surface area contributed by atoms with Crippen molar-refractivity contribution in [2.24, 2.45) is 0 Å². The first-order valence-corrected chi connectivity index (χ1v) is 10.1. The maximum atomic E-state index is 13.3. The molecule has 9 heteroatoms. The van der Waals surface area contributed by atoms with Gasteiger partial charge in [-0.2, -0.15) is 0 Å². The van der Waals surface area contributed by atoms with Crippen LogP contribution in [-0.2, 0) is 10.0 Å². The Morgan fingerprint density at radius 1 is 1.14 bits per heavy atom. The summed E-state index contributed by atoms with van der Waals surface area (Å²) < 4.78 is 40.6. The molecule has 154 valence electrons. The summed E-state index contributed by atoms with van der Waals surface area (Å²) >= 11 is 0. The number of hydrogen-bond donors (Lipinski definition) is 3. The molecule has 0 aliphatic rings. The molecule has 28 heavy (non-hydrogen) atoms. The van der Waals surface area contributed by atoms with Crippen LogP contribution in [0.2, 0.25) is 0 Å². The molecule has 2 aromatic carbocycles. The maximum absolute atomic E-state index is 13.3. The van der Waals surface area contributed by atoms with E-state index in [-0.39, 0.29) is 34.8 Å². The summed E-state index contributed by atoms with van der Waals surface area (Å²) in [5.41, 5.74) is 0.991. The normalized spacial score (nSPS) is 12.0. The molecule has 0 aliphatic carbocycles. The number of carbonyl (C=O) groups excluding carboxylic acids is 1. The first-order chi connectivity index (χ1) is 12.7. The molecule has 6 nitrogen and oxygen atoms in total. The Bertz CT molecular complexity index is 905. The Morgan fingerprint density at radius 3 is 2.36 bits per heavy atom. The van der Waals surface area contributed by atoms with Gasteiger partial charge in [0.2, 0.25) is 0 Å². The summed E-state index contributed by atoms with van der Waals surface area (Å²) in [6.07, 6.45) is 0. The van der Waals surface area contributed by atoms with E-state index in [2.05, 4.69) is 15.4 Å².